The lowest BCUT2D eigenvalue weighted by atomic mass is 9.80. The van der Waals surface area contributed by atoms with Gasteiger partial charge in [0.05, 0.1) is 22.2 Å². The molecule has 1 aliphatic carbocycles. The summed E-state index contributed by atoms with van der Waals surface area (Å²) in [5.41, 5.74) is 14.5. The van der Waals surface area contributed by atoms with Crippen LogP contribution < -0.4 is 0 Å². The van der Waals surface area contributed by atoms with E-state index in [0.29, 0.717) is 0 Å². The molecule has 2 heterocycles. The summed E-state index contributed by atoms with van der Waals surface area (Å²) in [5.74, 6) is 0. The highest BCUT2D eigenvalue weighted by molar-refractivity contribution is 6.12. The predicted octanol–water partition coefficient (Wildman–Crippen LogP) is 10.3. The Morgan fingerprint density at radius 2 is 0.976 bits per heavy atom. The third kappa shape index (κ3) is 3.16. The largest absolute Gasteiger partial charge is 0.309 e. The summed E-state index contributed by atoms with van der Waals surface area (Å²) in [5, 5.41) is 3.67. The topological polar surface area (TPSA) is 17.8 Å². The van der Waals surface area contributed by atoms with Crippen LogP contribution in [-0.4, -0.2) is 9.55 Å². The van der Waals surface area contributed by atoms with Crippen molar-refractivity contribution in [1.29, 1.82) is 0 Å². The summed E-state index contributed by atoms with van der Waals surface area (Å²) >= 11 is 0. The number of nitrogens with zero attached hydrogens (tertiary/aromatic N) is 2. The van der Waals surface area contributed by atoms with Gasteiger partial charge in [-0.05, 0) is 75.3 Å². The van der Waals surface area contributed by atoms with Gasteiger partial charge < -0.3 is 4.57 Å². The minimum Gasteiger partial charge on any atom is -0.309 e. The maximum atomic E-state index is 4.77. The van der Waals surface area contributed by atoms with E-state index < -0.39 is 0 Å². The van der Waals surface area contributed by atoms with E-state index in [1.807, 2.05) is 12.3 Å². The van der Waals surface area contributed by atoms with Gasteiger partial charge in [0.2, 0.25) is 0 Å². The first kappa shape index (κ1) is 22.4. The molecule has 41 heavy (non-hydrogen) atoms. The maximum absolute atomic E-state index is 4.77. The van der Waals surface area contributed by atoms with Crippen LogP contribution in [0.4, 0.5) is 0 Å². The molecule has 0 unspecified atom stereocenters. The number of benzene rings is 6. The quantitative estimate of drug-likeness (QED) is 0.210. The average molecular weight is 521 g/mol. The number of aromatic nitrogens is 2. The van der Waals surface area contributed by atoms with Gasteiger partial charge in [-0.3, -0.25) is 4.98 Å². The smallest absolute Gasteiger partial charge is 0.0708 e. The Kier molecular flexibility index (Phi) is 4.64. The summed E-state index contributed by atoms with van der Waals surface area (Å²) in [6, 6.07) is 50.8. The molecule has 0 radical (unpaired) electrons. The van der Waals surface area contributed by atoms with E-state index in [0.717, 1.165) is 10.9 Å². The highest BCUT2D eigenvalue weighted by atomic mass is 15.0. The first-order valence-electron chi connectivity index (χ1n) is 14.1. The van der Waals surface area contributed by atoms with Crippen LogP contribution >= 0.6 is 0 Å². The zero-order chi connectivity index (χ0) is 26.9. The van der Waals surface area contributed by atoms with Crippen molar-refractivity contribution in [2.45, 2.75) is 0 Å². The summed E-state index contributed by atoms with van der Waals surface area (Å²) in [6.45, 7) is 0. The fourth-order valence-corrected chi connectivity index (χ4v) is 6.87. The van der Waals surface area contributed by atoms with Crippen molar-refractivity contribution >= 4 is 32.7 Å². The van der Waals surface area contributed by atoms with Crippen LogP contribution in [0.3, 0.4) is 0 Å². The number of rotatable bonds is 1. The molecule has 0 saturated carbocycles. The van der Waals surface area contributed by atoms with Gasteiger partial charge in [0.15, 0.2) is 0 Å². The number of para-hydroxylation sites is 2. The normalized spacial score (nSPS) is 11.9. The molecule has 0 aliphatic heterocycles. The summed E-state index contributed by atoms with van der Waals surface area (Å²) in [4.78, 5) is 4.77. The van der Waals surface area contributed by atoms with Gasteiger partial charge in [0, 0.05) is 27.9 Å². The molecule has 0 bridgehead atoms. The number of pyridine rings is 1. The summed E-state index contributed by atoms with van der Waals surface area (Å²) in [6.07, 6.45) is 1.89. The molecule has 9 rings (SSSR count). The van der Waals surface area contributed by atoms with Gasteiger partial charge in [-0.1, -0.05) is 103 Å². The van der Waals surface area contributed by atoms with Crippen molar-refractivity contribution in [2.24, 2.45) is 0 Å². The van der Waals surface area contributed by atoms with Crippen LogP contribution in [0.25, 0.3) is 82.9 Å². The standard InChI is InChI=1S/C39H24N2/c1-3-14-28-26(12-1)27-13-2-4-15-29(27)33-24-35-25(11-10-22-40-35)23-34(33)39-32(28)18-9-21-38(39)41-36-19-7-5-16-30(36)31-17-6-8-20-37(31)41/h1-24H. The molecule has 2 aromatic heterocycles. The molecule has 8 aromatic rings. The molecular formula is C39H24N2. The van der Waals surface area contributed by atoms with E-state index in [1.54, 1.807) is 0 Å². The summed E-state index contributed by atoms with van der Waals surface area (Å²) in [7, 11) is 0. The zero-order valence-electron chi connectivity index (χ0n) is 22.3. The van der Waals surface area contributed by atoms with E-state index in [9.17, 15) is 0 Å². The Hall–Kier alpha value is -5.47. The van der Waals surface area contributed by atoms with Gasteiger partial charge in [0.1, 0.15) is 0 Å². The maximum Gasteiger partial charge on any atom is 0.0708 e. The Bertz CT molecular complexity index is 2270. The Morgan fingerprint density at radius 3 is 1.66 bits per heavy atom. The minimum atomic E-state index is 1.01. The predicted molar refractivity (Wildman–Crippen MR) is 171 cm³/mol. The van der Waals surface area contributed by atoms with E-state index in [4.69, 9.17) is 4.98 Å². The zero-order valence-corrected chi connectivity index (χ0v) is 22.3. The fraction of sp³-hybridized carbons (Fsp3) is 0. The Morgan fingerprint density at radius 1 is 0.415 bits per heavy atom. The molecular weight excluding hydrogens is 496 g/mol. The van der Waals surface area contributed by atoms with Crippen LogP contribution in [0.15, 0.2) is 146 Å². The first-order chi connectivity index (χ1) is 20.4. The van der Waals surface area contributed by atoms with Gasteiger partial charge in [-0.25, -0.2) is 0 Å². The molecule has 2 nitrogen and oxygen atoms in total. The molecule has 2 heteroatoms. The van der Waals surface area contributed by atoms with Gasteiger partial charge in [-0.15, -0.1) is 0 Å². The van der Waals surface area contributed by atoms with Crippen molar-refractivity contribution in [3.05, 3.63) is 146 Å². The third-order valence-corrected chi connectivity index (χ3v) is 8.60. The molecule has 6 aromatic carbocycles. The van der Waals surface area contributed by atoms with Crippen LogP contribution in [0.5, 0.6) is 0 Å². The van der Waals surface area contributed by atoms with Crippen LogP contribution in [0.2, 0.25) is 0 Å². The van der Waals surface area contributed by atoms with Crippen molar-refractivity contribution < 1.29 is 0 Å². The third-order valence-electron chi connectivity index (χ3n) is 8.60. The highest BCUT2D eigenvalue weighted by Gasteiger charge is 2.26. The molecule has 0 saturated heterocycles. The lowest BCUT2D eigenvalue weighted by Gasteiger charge is -2.26. The highest BCUT2D eigenvalue weighted by Crippen LogP contribution is 2.51. The Labute approximate surface area is 237 Å². The average Bonchev–Trinajstić information content (AvgIpc) is 3.37. The van der Waals surface area contributed by atoms with Crippen molar-refractivity contribution in [2.75, 3.05) is 0 Å². The van der Waals surface area contributed by atoms with E-state index in [2.05, 4.69) is 138 Å². The summed E-state index contributed by atoms with van der Waals surface area (Å²) < 4.78 is 2.46. The van der Waals surface area contributed by atoms with Crippen LogP contribution in [0, 0.1) is 0 Å². The molecule has 0 spiro atoms. The van der Waals surface area contributed by atoms with Crippen molar-refractivity contribution in [3.8, 4) is 50.2 Å². The molecule has 0 N–H and O–H groups in total. The molecule has 0 fully saturated rings. The number of hydrogen-bond acceptors (Lipinski definition) is 1. The lowest BCUT2D eigenvalue weighted by molar-refractivity contribution is 1.18. The lowest BCUT2D eigenvalue weighted by Crippen LogP contribution is -2.03. The number of hydrogen-bond donors (Lipinski definition) is 0. The first-order valence-corrected chi connectivity index (χ1v) is 14.1. The molecule has 1 aliphatic rings. The molecule has 190 valence electrons. The van der Waals surface area contributed by atoms with Gasteiger partial charge >= 0.3 is 0 Å². The fourth-order valence-electron chi connectivity index (χ4n) is 6.87. The monoisotopic (exact) mass is 520 g/mol. The minimum absolute atomic E-state index is 1.01. The van der Waals surface area contributed by atoms with Crippen molar-refractivity contribution in [1.82, 2.24) is 9.55 Å². The van der Waals surface area contributed by atoms with Gasteiger partial charge in [-0.2, -0.15) is 0 Å². The second-order valence-electron chi connectivity index (χ2n) is 10.8. The molecule has 0 amide bonds. The second-order valence-corrected chi connectivity index (χ2v) is 10.8. The van der Waals surface area contributed by atoms with Crippen molar-refractivity contribution in [3.63, 3.8) is 0 Å². The van der Waals surface area contributed by atoms with Gasteiger partial charge in [0.25, 0.3) is 0 Å². The van der Waals surface area contributed by atoms with E-state index in [1.165, 1.54) is 72.0 Å². The van der Waals surface area contributed by atoms with Crippen LogP contribution in [-0.2, 0) is 0 Å². The van der Waals surface area contributed by atoms with Crippen LogP contribution in [0.1, 0.15) is 0 Å². The second kappa shape index (κ2) is 8.51. The number of fused-ring (bicyclic) bond motifs is 12. The SMILES string of the molecule is c1ccc2c(c1)-c1ccccc1-c1cccc(-n3c4ccccc4c4ccccc43)c1-c1cc3cccnc3cc1-2. The Balaban J connectivity index is 1.52. The van der Waals surface area contributed by atoms with E-state index >= 15 is 0 Å². The molecule has 0 atom stereocenters. The van der Waals surface area contributed by atoms with E-state index in [-0.39, 0.29) is 0 Å².